The summed E-state index contributed by atoms with van der Waals surface area (Å²) in [6.45, 7) is 2.34. The standard InChI is InChI=1S/C18H22N2O3/c1-14(19)17(22-12-15-8-4-2-5-9-15)18(21)20-23-13-16-10-6-3-7-11-16/h2-11,14,17H,12-13,19H2,1H3,(H,20,21)/t14-,17?/m1/s1. The van der Waals surface area contributed by atoms with Gasteiger partial charge in [-0.1, -0.05) is 60.7 Å². The third-order valence-corrected chi connectivity index (χ3v) is 3.26. The van der Waals surface area contributed by atoms with Crippen LogP contribution < -0.4 is 11.2 Å². The van der Waals surface area contributed by atoms with E-state index in [4.69, 9.17) is 15.3 Å². The molecule has 2 aromatic rings. The Hall–Kier alpha value is -2.21. The minimum Gasteiger partial charge on any atom is -0.362 e. The van der Waals surface area contributed by atoms with Crippen molar-refractivity contribution >= 4 is 5.91 Å². The monoisotopic (exact) mass is 314 g/mol. The van der Waals surface area contributed by atoms with E-state index in [9.17, 15) is 4.79 Å². The van der Waals surface area contributed by atoms with Crippen LogP contribution >= 0.6 is 0 Å². The molecule has 0 spiro atoms. The van der Waals surface area contributed by atoms with E-state index in [1.54, 1.807) is 6.92 Å². The van der Waals surface area contributed by atoms with E-state index in [0.29, 0.717) is 6.61 Å². The fraction of sp³-hybridized carbons (Fsp3) is 0.278. The second-order valence-electron chi connectivity index (χ2n) is 5.32. The van der Waals surface area contributed by atoms with Crippen molar-refractivity contribution in [2.75, 3.05) is 0 Å². The Morgan fingerprint density at radius 3 is 2.04 bits per heavy atom. The van der Waals surface area contributed by atoms with Crippen LogP contribution in [0.3, 0.4) is 0 Å². The molecule has 0 aliphatic carbocycles. The van der Waals surface area contributed by atoms with Gasteiger partial charge in [0.15, 0.2) is 6.10 Å². The highest BCUT2D eigenvalue weighted by Crippen LogP contribution is 2.06. The summed E-state index contributed by atoms with van der Waals surface area (Å²) in [7, 11) is 0. The molecule has 2 rings (SSSR count). The SMILES string of the molecule is C[C@@H](N)C(OCc1ccccc1)C(=O)NOCc1ccccc1. The normalized spacial score (nSPS) is 13.3. The van der Waals surface area contributed by atoms with Crippen LogP contribution in [0.15, 0.2) is 60.7 Å². The average Bonchev–Trinajstić information content (AvgIpc) is 2.56. The zero-order chi connectivity index (χ0) is 16.5. The van der Waals surface area contributed by atoms with Gasteiger partial charge in [0, 0.05) is 6.04 Å². The van der Waals surface area contributed by atoms with E-state index in [2.05, 4.69) is 5.48 Å². The Balaban J connectivity index is 1.81. The van der Waals surface area contributed by atoms with Crippen LogP contribution in [0.25, 0.3) is 0 Å². The second kappa shape index (κ2) is 9.05. The zero-order valence-electron chi connectivity index (χ0n) is 13.1. The number of carbonyl (C=O) groups excluding carboxylic acids is 1. The van der Waals surface area contributed by atoms with Gasteiger partial charge in [0.25, 0.3) is 5.91 Å². The Labute approximate surface area is 136 Å². The molecule has 3 N–H and O–H groups in total. The number of hydrogen-bond acceptors (Lipinski definition) is 4. The Morgan fingerprint density at radius 1 is 1.00 bits per heavy atom. The first-order valence-electron chi connectivity index (χ1n) is 7.53. The molecular formula is C18H22N2O3. The van der Waals surface area contributed by atoms with Crippen molar-refractivity contribution < 1.29 is 14.4 Å². The lowest BCUT2D eigenvalue weighted by atomic mass is 10.2. The molecule has 2 atom stereocenters. The maximum absolute atomic E-state index is 12.2. The van der Waals surface area contributed by atoms with Crippen LogP contribution in [0, 0.1) is 0 Å². The maximum atomic E-state index is 12.2. The molecule has 1 unspecified atom stereocenters. The van der Waals surface area contributed by atoms with E-state index in [1.165, 1.54) is 0 Å². The number of ether oxygens (including phenoxy) is 1. The highest BCUT2D eigenvalue weighted by molar-refractivity contribution is 5.80. The predicted molar refractivity (Wildman–Crippen MR) is 88.0 cm³/mol. The van der Waals surface area contributed by atoms with Crippen LogP contribution in [0.4, 0.5) is 0 Å². The quantitative estimate of drug-likeness (QED) is 0.732. The first-order chi connectivity index (χ1) is 11.2. The summed E-state index contributed by atoms with van der Waals surface area (Å²) in [6.07, 6.45) is -0.772. The molecule has 0 aliphatic rings. The minimum absolute atomic E-state index is 0.289. The molecule has 0 fully saturated rings. The average molecular weight is 314 g/mol. The topological polar surface area (TPSA) is 73.6 Å². The van der Waals surface area contributed by atoms with Crippen molar-refractivity contribution in [2.45, 2.75) is 32.3 Å². The fourth-order valence-electron chi connectivity index (χ4n) is 2.05. The lowest BCUT2D eigenvalue weighted by Crippen LogP contribution is -2.46. The Bertz CT molecular complexity index is 588. The molecule has 0 saturated carbocycles. The van der Waals surface area contributed by atoms with E-state index in [-0.39, 0.29) is 12.5 Å². The van der Waals surface area contributed by atoms with Crippen molar-refractivity contribution in [3.05, 3.63) is 71.8 Å². The third kappa shape index (κ3) is 5.83. The first-order valence-corrected chi connectivity index (χ1v) is 7.53. The largest absolute Gasteiger partial charge is 0.362 e. The lowest BCUT2D eigenvalue weighted by Gasteiger charge is -2.20. The predicted octanol–water partition coefficient (Wildman–Crippen LogP) is 2.17. The highest BCUT2D eigenvalue weighted by atomic mass is 16.7. The van der Waals surface area contributed by atoms with Crippen LogP contribution in [-0.4, -0.2) is 18.1 Å². The molecule has 0 radical (unpaired) electrons. The molecule has 0 aliphatic heterocycles. The molecular weight excluding hydrogens is 292 g/mol. The number of hydroxylamine groups is 1. The number of amides is 1. The molecule has 0 heterocycles. The van der Waals surface area contributed by atoms with E-state index in [0.717, 1.165) is 11.1 Å². The van der Waals surface area contributed by atoms with Crippen molar-refractivity contribution in [3.63, 3.8) is 0 Å². The second-order valence-corrected chi connectivity index (χ2v) is 5.32. The summed E-state index contributed by atoms with van der Waals surface area (Å²) in [5.41, 5.74) is 10.2. The van der Waals surface area contributed by atoms with E-state index < -0.39 is 12.1 Å². The number of hydrogen-bond donors (Lipinski definition) is 2. The van der Waals surface area contributed by atoms with Gasteiger partial charge in [0.2, 0.25) is 0 Å². The van der Waals surface area contributed by atoms with Gasteiger partial charge in [-0.3, -0.25) is 9.63 Å². The number of nitrogens with two attached hydrogens (primary N) is 1. The van der Waals surface area contributed by atoms with Gasteiger partial charge in [-0.05, 0) is 18.1 Å². The summed E-state index contributed by atoms with van der Waals surface area (Å²) >= 11 is 0. The van der Waals surface area contributed by atoms with Gasteiger partial charge >= 0.3 is 0 Å². The van der Waals surface area contributed by atoms with Crippen molar-refractivity contribution in [1.29, 1.82) is 0 Å². The van der Waals surface area contributed by atoms with Gasteiger partial charge in [-0.15, -0.1) is 0 Å². The Kier molecular flexibility index (Phi) is 6.75. The molecule has 0 saturated heterocycles. The van der Waals surface area contributed by atoms with Gasteiger partial charge in [-0.2, -0.15) is 0 Å². The molecule has 0 aromatic heterocycles. The number of nitrogens with one attached hydrogen (secondary N) is 1. The third-order valence-electron chi connectivity index (χ3n) is 3.26. The summed E-state index contributed by atoms with van der Waals surface area (Å²) in [4.78, 5) is 17.4. The molecule has 2 aromatic carbocycles. The van der Waals surface area contributed by atoms with Gasteiger partial charge < -0.3 is 10.5 Å². The van der Waals surface area contributed by atoms with Crippen molar-refractivity contribution in [2.24, 2.45) is 5.73 Å². The van der Waals surface area contributed by atoms with Gasteiger partial charge in [0.05, 0.1) is 13.2 Å². The molecule has 23 heavy (non-hydrogen) atoms. The maximum Gasteiger partial charge on any atom is 0.274 e. The van der Waals surface area contributed by atoms with E-state index >= 15 is 0 Å². The number of benzene rings is 2. The summed E-state index contributed by atoms with van der Waals surface area (Å²) < 4.78 is 5.64. The molecule has 1 amide bonds. The highest BCUT2D eigenvalue weighted by Gasteiger charge is 2.23. The molecule has 5 nitrogen and oxygen atoms in total. The van der Waals surface area contributed by atoms with Crippen LogP contribution in [0.5, 0.6) is 0 Å². The number of carbonyl (C=O) groups is 1. The van der Waals surface area contributed by atoms with Crippen molar-refractivity contribution in [1.82, 2.24) is 5.48 Å². The lowest BCUT2D eigenvalue weighted by molar-refractivity contribution is -0.148. The first kappa shape index (κ1) is 17.1. The van der Waals surface area contributed by atoms with Crippen LogP contribution in [0.2, 0.25) is 0 Å². The summed E-state index contributed by atoms with van der Waals surface area (Å²) in [5, 5.41) is 0. The molecule has 5 heteroatoms. The summed E-state index contributed by atoms with van der Waals surface area (Å²) in [5.74, 6) is -0.383. The van der Waals surface area contributed by atoms with Crippen molar-refractivity contribution in [3.8, 4) is 0 Å². The van der Waals surface area contributed by atoms with E-state index in [1.807, 2.05) is 60.7 Å². The number of rotatable bonds is 8. The summed E-state index contributed by atoms with van der Waals surface area (Å²) in [6, 6.07) is 18.8. The fourth-order valence-corrected chi connectivity index (χ4v) is 2.05. The zero-order valence-corrected chi connectivity index (χ0v) is 13.1. The van der Waals surface area contributed by atoms with Crippen LogP contribution in [0.1, 0.15) is 18.1 Å². The van der Waals surface area contributed by atoms with Crippen LogP contribution in [-0.2, 0) is 27.6 Å². The molecule has 0 bridgehead atoms. The van der Waals surface area contributed by atoms with Gasteiger partial charge in [-0.25, -0.2) is 5.48 Å². The molecule has 122 valence electrons. The smallest absolute Gasteiger partial charge is 0.274 e. The van der Waals surface area contributed by atoms with Gasteiger partial charge in [0.1, 0.15) is 0 Å². The Morgan fingerprint density at radius 2 is 1.52 bits per heavy atom. The minimum atomic E-state index is -0.772.